The molecule has 1 aliphatic rings. The van der Waals surface area contributed by atoms with E-state index in [-0.39, 0.29) is 6.61 Å². The highest BCUT2D eigenvalue weighted by atomic mass is 16.5. The Morgan fingerprint density at radius 1 is 1.26 bits per heavy atom. The second kappa shape index (κ2) is 8.99. The number of aromatic amines is 2. The molecular weight excluding hydrogens is 434 g/mol. The van der Waals surface area contributed by atoms with Crippen LogP contribution in [0, 0.1) is 18.3 Å². The lowest BCUT2D eigenvalue weighted by Crippen LogP contribution is -2.28. The molecule has 11 nitrogen and oxygen atoms in total. The van der Waals surface area contributed by atoms with Crippen LogP contribution >= 0.6 is 0 Å². The Morgan fingerprint density at radius 2 is 2.15 bits per heavy atom. The zero-order valence-corrected chi connectivity index (χ0v) is 19.3. The van der Waals surface area contributed by atoms with Gasteiger partial charge in [0.15, 0.2) is 6.61 Å². The second-order valence-corrected chi connectivity index (χ2v) is 8.03. The summed E-state index contributed by atoms with van der Waals surface area (Å²) in [6.07, 6.45) is 5.61. The topological polar surface area (TPSA) is 134 Å². The van der Waals surface area contributed by atoms with E-state index in [4.69, 9.17) is 14.7 Å². The molecule has 0 aliphatic carbocycles. The van der Waals surface area contributed by atoms with E-state index in [0.29, 0.717) is 31.5 Å². The van der Waals surface area contributed by atoms with Gasteiger partial charge in [0.25, 0.3) is 0 Å². The van der Waals surface area contributed by atoms with Crippen LogP contribution in [0.15, 0.2) is 12.3 Å². The molecule has 0 radical (unpaired) electrons. The Balaban J connectivity index is 1.66. The fourth-order valence-corrected chi connectivity index (χ4v) is 4.18. The Kier molecular flexibility index (Phi) is 5.73. The van der Waals surface area contributed by atoms with E-state index in [9.17, 15) is 0 Å². The number of nitriles is 1. The van der Waals surface area contributed by atoms with E-state index < -0.39 is 0 Å². The van der Waals surface area contributed by atoms with Crippen LogP contribution in [0.5, 0.6) is 11.8 Å². The van der Waals surface area contributed by atoms with E-state index in [0.717, 1.165) is 51.4 Å². The Morgan fingerprint density at radius 3 is 2.97 bits per heavy atom. The van der Waals surface area contributed by atoms with Crippen LogP contribution in [0.25, 0.3) is 34.3 Å². The van der Waals surface area contributed by atoms with Crippen LogP contribution in [0.4, 0.5) is 0 Å². The highest BCUT2D eigenvalue weighted by Gasteiger charge is 2.21. The number of fused-ring (bicyclic) bond motifs is 4. The molecule has 0 aromatic carbocycles. The Labute approximate surface area is 196 Å². The lowest BCUT2D eigenvalue weighted by Gasteiger charge is -2.20. The fourth-order valence-electron chi connectivity index (χ4n) is 4.18. The summed E-state index contributed by atoms with van der Waals surface area (Å²) in [6.45, 7) is 6.59. The van der Waals surface area contributed by atoms with Gasteiger partial charge >= 0.3 is 0 Å². The minimum absolute atomic E-state index is 0.0809. The monoisotopic (exact) mass is 459 g/mol. The lowest BCUT2D eigenvalue weighted by molar-refractivity contribution is 0.200. The predicted octanol–water partition coefficient (Wildman–Crippen LogP) is 2.68. The standard InChI is InChI=1S/C23H25N9O2/c1-4-32-8-10-34-23-21(14(2)30-31(23)3)18-11-16-17(26-27-19(16)12-25-18)6-5-15-20(13-32)28-29-22(15)33-9-7-24/h5-6,11-12H,4,8-10,13H2,1-3H3,(H,26,27)(H,28,29)/b6-5+. The van der Waals surface area contributed by atoms with Crippen molar-refractivity contribution >= 4 is 23.1 Å². The van der Waals surface area contributed by atoms with Crippen molar-refractivity contribution in [3.8, 4) is 29.1 Å². The Hall–Kier alpha value is -4.17. The van der Waals surface area contributed by atoms with Gasteiger partial charge in [-0.3, -0.25) is 20.1 Å². The first-order chi connectivity index (χ1) is 16.6. The number of ether oxygens (including phenoxy) is 2. The molecule has 0 fully saturated rings. The van der Waals surface area contributed by atoms with E-state index in [1.807, 2.05) is 38.3 Å². The van der Waals surface area contributed by atoms with Gasteiger partial charge in [-0.15, -0.1) is 5.10 Å². The molecular formula is C23H25N9O2. The maximum Gasteiger partial charge on any atom is 0.241 e. The second-order valence-electron chi connectivity index (χ2n) is 8.03. The van der Waals surface area contributed by atoms with Gasteiger partial charge in [-0.2, -0.15) is 15.5 Å². The van der Waals surface area contributed by atoms with Crippen molar-refractivity contribution in [2.24, 2.45) is 7.05 Å². The van der Waals surface area contributed by atoms with Crippen LogP contribution in [0.1, 0.15) is 29.6 Å². The normalized spacial score (nSPS) is 15.1. The third-order valence-corrected chi connectivity index (χ3v) is 5.91. The minimum atomic E-state index is -0.0809. The summed E-state index contributed by atoms with van der Waals surface area (Å²) in [5.74, 6) is 1.08. The van der Waals surface area contributed by atoms with Crippen LogP contribution in [-0.4, -0.2) is 66.4 Å². The van der Waals surface area contributed by atoms with Gasteiger partial charge < -0.3 is 9.47 Å². The van der Waals surface area contributed by atoms with E-state index in [1.54, 1.807) is 10.9 Å². The summed E-state index contributed by atoms with van der Waals surface area (Å²) in [6, 6.07) is 3.99. The number of nitrogens with zero attached hydrogens (tertiary/aromatic N) is 7. The number of pyridine rings is 1. The molecule has 0 saturated carbocycles. The Bertz CT molecular complexity index is 1410. The molecule has 0 unspecified atom stereocenters. The highest BCUT2D eigenvalue weighted by molar-refractivity contribution is 5.92. The van der Waals surface area contributed by atoms with Gasteiger partial charge in [0.2, 0.25) is 11.8 Å². The molecule has 5 heterocycles. The third kappa shape index (κ3) is 3.88. The highest BCUT2D eigenvalue weighted by Crippen LogP contribution is 2.34. The molecule has 4 aromatic heterocycles. The van der Waals surface area contributed by atoms with Gasteiger partial charge in [-0.25, -0.2) is 4.68 Å². The number of nitrogens with one attached hydrogen (secondary N) is 2. The quantitative estimate of drug-likeness (QED) is 0.478. The zero-order chi connectivity index (χ0) is 23.7. The SMILES string of the molecule is CCN1CCOc2c(c(C)nn2C)-c2cc3c(n[nH]c3cn2)/C=C/c2c(OCC#N)n[nH]c2C1. The zero-order valence-electron chi connectivity index (χ0n) is 19.3. The molecule has 0 atom stereocenters. The van der Waals surface area contributed by atoms with Gasteiger partial charge in [-0.05, 0) is 31.7 Å². The van der Waals surface area contributed by atoms with Crippen LogP contribution in [0.3, 0.4) is 0 Å². The van der Waals surface area contributed by atoms with Crippen molar-refractivity contribution in [2.75, 3.05) is 26.3 Å². The minimum Gasteiger partial charge on any atom is -0.476 e. The number of aryl methyl sites for hydroxylation is 2. The molecule has 2 bridgehead atoms. The number of H-pyrrole nitrogens is 2. The third-order valence-electron chi connectivity index (χ3n) is 5.91. The van der Waals surface area contributed by atoms with Crippen molar-refractivity contribution < 1.29 is 9.47 Å². The molecule has 2 N–H and O–H groups in total. The van der Waals surface area contributed by atoms with Crippen LogP contribution in [0.2, 0.25) is 0 Å². The fraction of sp³-hybridized carbons (Fsp3) is 0.348. The van der Waals surface area contributed by atoms with E-state index in [1.165, 1.54) is 0 Å². The van der Waals surface area contributed by atoms with Gasteiger partial charge in [0.05, 0.1) is 45.6 Å². The maximum absolute atomic E-state index is 8.95. The molecule has 34 heavy (non-hydrogen) atoms. The molecule has 174 valence electrons. The summed E-state index contributed by atoms with van der Waals surface area (Å²) in [5, 5.41) is 29.3. The summed E-state index contributed by atoms with van der Waals surface area (Å²) in [4.78, 5) is 6.89. The number of hydrogen-bond donors (Lipinski definition) is 2. The van der Waals surface area contributed by atoms with Crippen molar-refractivity contribution in [2.45, 2.75) is 20.4 Å². The number of aromatic nitrogens is 7. The first-order valence-electron chi connectivity index (χ1n) is 11.1. The molecule has 11 heteroatoms. The molecule has 5 rings (SSSR count). The van der Waals surface area contributed by atoms with E-state index >= 15 is 0 Å². The number of hydrogen-bond acceptors (Lipinski definition) is 8. The summed E-state index contributed by atoms with van der Waals surface area (Å²) < 4.78 is 13.6. The largest absolute Gasteiger partial charge is 0.476 e. The molecule has 0 spiro atoms. The van der Waals surface area contributed by atoms with Crippen molar-refractivity contribution in [1.82, 2.24) is 40.1 Å². The maximum atomic E-state index is 8.95. The first kappa shape index (κ1) is 21.7. The van der Waals surface area contributed by atoms with Gasteiger partial charge in [0, 0.05) is 25.5 Å². The lowest BCUT2D eigenvalue weighted by atomic mass is 10.1. The first-order valence-corrected chi connectivity index (χ1v) is 11.1. The molecule has 0 saturated heterocycles. The van der Waals surface area contributed by atoms with Gasteiger partial charge in [-0.1, -0.05) is 6.92 Å². The van der Waals surface area contributed by atoms with E-state index in [2.05, 4.69) is 42.3 Å². The summed E-state index contributed by atoms with van der Waals surface area (Å²) in [5.41, 5.74) is 5.75. The number of likely N-dealkylation sites (N-methyl/N-ethyl adjacent to an activating group) is 1. The van der Waals surface area contributed by atoms with Gasteiger partial charge in [0.1, 0.15) is 12.7 Å². The smallest absolute Gasteiger partial charge is 0.241 e. The molecule has 0 amide bonds. The molecule has 1 aliphatic heterocycles. The van der Waals surface area contributed by atoms with Crippen LogP contribution < -0.4 is 9.47 Å². The summed E-state index contributed by atoms with van der Waals surface area (Å²) in [7, 11) is 1.88. The summed E-state index contributed by atoms with van der Waals surface area (Å²) >= 11 is 0. The van der Waals surface area contributed by atoms with Crippen LogP contribution in [-0.2, 0) is 13.6 Å². The average molecular weight is 460 g/mol. The van der Waals surface area contributed by atoms with Crippen molar-refractivity contribution in [3.63, 3.8) is 0 Å². The predicted molar refractivity (Wildman–Crippen MR) is 126 cm³/mol. The van der Waals surface area contributed by atoms with Crippen molar-refractivity contribution in [3.05, 3.63) is 34.9 Å². The average Bonchev–Trinajstić information content (AvgIpc) is 3.49. The van der Waals surface area contributed by atoms with Crippen molar-refractivity contribution in [1.29, 1.82) is 5.26 Å². The molecule has 4 aromatic rings. The number of rotatable bonds is 3.